The van der Waals surface area contributed by atoms with Gasteiger partial charge in [-0.15, -0.1) is 0 Å². The Labute approximate surface area is 118 Å². The standard InChI is InChI=1S/C13H23N3O4/c1-4-14-10(17)9(2)15-12(20)16-7-5-6-13(3,8-16)11(18)19/h9H,4-8H2,1-3H3,(H,14,17)(H,15,20)(H,18,19). The maximum Gasteiger partial charge on any atom is 0.318 e. The maximum absolute atomic E-state index is 12.1. The van der Waals surface area contributed by atoms with E-state index in [1.807, 2.05) is 0 Å². The molecule has 0 aromatic carbocycles. The number of nitrogens with zero attached hydrogens (tertiary/aromatic N) is 1. The smallest absolute Gasteiger partial charge is 0.318 e. The second-order valence-electron chi connectivity index (χ2n) is 5.46. The zero-order valence-corrected chi connectivity index (χ0v) is 12.2. The lowest BCUT2D eigenvalue weighted by Gasteiger charge is -2.37. The zero-order chi connectivity index (χ0) is 15.3. The number of carbonyl (C=O) groups excluding carboxylic acids is 2. The van der Waals surface area contributed by atoms with Gasteiger partial charge in [0.25, 0.3) is 0 Å². The Morgan fingerprint density at radius 2 is 2.05 bits per heavy atom. The Kier molecular flexibility index (Phi) is 5.35. The maximum atomic E-state index is 12.1. The normalized spacial score (nSPS) is 23.9. The van der Waals surface area contributed by atoms with Gasteiger partial charge in [-0.2, -0.15) is 0 Å². The summed E-state index contributed by atoms with van der Waals surface area (Å²) in [5, 5.41) is 14.4. The minimum Gasteiger partial charge on any atom is -0.481 e. The highest BCUT2D eigenvalue weighted by Gasteiger charge is 2.39. The minimum atomic E-state index is -0.912. The van der Waals surface area contributed by atoms with Crippen molar-refractivity contribution in [3.8, 4) is 0 Å². The van der Waals surface area contributed by atoms with Crippen LogP contribution < -0.4 is 10.6 Å². The van der Waals surface area contributed by atoms with Gasteiger partial charge >= 0.3 is 12.0 Å². The molecule has 1 rings (SSSR count). The van der Waals surface area contributed by atoms with E-state index in [2.05, 4.69) is 10.6 Å². The van der Waals surface area contributed by atoms with Gasteiger partial charge in [-0.1, -0.05) is 0 Å². The molecule has 1 aliphatic rings. The molecule has 0 aliphatic carbocycles. The summed E-state index contributed by atoms with van der Waals surface area (Å²) < 4.78 is 0. The molecule has 1 fully saturated rings. The first-order chi connectivity index (χ1) is 9.30. The predicted octanol–water partition coefficient (Wildman–Crippen LogP) is 0.407. The van der Waals surface area contributed by atoms with Crippen molar-refractivity contribution in [3.63, 3.8) is 0 Å². The van der Waals surface area contributed by atoms with Gasteiger partial charge in [0, 0.05) is 19.6 Å². The monoisotopic (exact) mass is 285 g/mol. The quantitative estimate of drug-likeness (QED) is 0.696. The third-order valence-corrected chi connectivity index (χ3v) is 3.58. The van der Waals surface area contributed by atoms with E-state index < -0.39 is 23.5 Å². The number of piperidine rings is 1. The van der Waals surface area contributed by atoms with Crippen LogP contribution in [0.4, 0.5) is 4.79 Å². The van der Waals surface area contributed by atoms with Crippen LogP contribution in [-0.4, -0.2) is 53.6 Å². The number of carboxylic acids is 1. The number of hydrogen-bond acceptors (Lipinski definition) is 3. The first kappa shape index (κ1) is 16.3. The summed E-state index contributed by atoms with van der Waals surface area (Å²) in [4.78, 5) is 36.3. The molecule has 0 saturated carbocycles. The summed E-state index contributed by atoms with van der Waals surface area (Å²) in [7, 11) is 0. The first-order valence-electron chi connectivity index (χ1n) is 6.86. The summed E-state index contributed by atoms with van der Waals surface area (Å²) in [5.74, 6) is -1.15. The Morgan fingerprint density at radius 3 is 2.60 bits per heavy atom. The van der Waals surface area contributed by atoms with E-state index in [0.29, 0.717) is 25.9 Å². The van der Waals surface area contributed by atoms with Gasteiger partial charge in [0.2, 0.25) is 5.91 Å². The molecule has 2 atom stereocenters. The SMILES string of the molecule is CCNC(=O)C(C)NC(=O)N1CCCC(C)(C(=O)O)C1. The van der Waals surface area contributed by atoms with E-state index in [0.717, 1.165) is 0 Å². The van der Waals surface area contributed by atoms with Gasteiger partial charge in [-0.3, -0.25) is 9.59 Å². The molecule has 1 saturated heterocycles. The van der Waals surface area contributed by atoms with Crippen LogP contribution in [0.1, 0.15) is 33.6 Å². The fourth-order valence-corrected chi connectivity index (χ4v) is 2.26. The largest absolute Gasteiger partial charge is 0.481 e. The summed E-state index contributed by atoms with van der Waals surface area (Å²) in [6, 6.07) is -1.03. The van der Waals surface area contributed by atoms with Crippen molar-refractivity contribution in [2.24, 2.45) is 5.41 Å². The van der Waals surface area contributed by atoms with Crippen LogP contribution in [0.5, 0.6) is 0 Å². The van der Waals surface area contributed by atoms with E-state index in [4.69, 9.17) is 0 Å². The number of nitrogens with one attached hydrogen (secondary N) is 2. The van der Waals surface area contributed by atoms with E-state index in [1.165, 1.54) is 4.90 Å². The number of amides is 3. The van der Waals surface area contributed by atoms with Gasteiger partial charge in [0.1, 0.15) is 6.04 Å². The van der Waals surface area contributed by atoms with E-state index in [9.17, 15) is 19.5 Å². The number of urea groups is 1. The van der Waals surface area contributed by atoms with Gasteiger partial charge < -0.3 is 20.6 Å². The number of hydrogen-bond donors (Lipinski definition) is 3. The van der Waals surface area contributed by atoms with Gasteiger partial charge in [-0.25, -0.2) is 4.79 Å². The van der Waals surface area contributed by atoms with Crippen molar-refractivity contribution < 1.29 is 19.5 Å². The second kappa shape index (κ2) is 6.58. The second-order valence-corrected chi connectivity index (χ2v) is 5.46. The Balaban J connectivity index is 2.59. The van der Waals surface area contributed by atoms with Crippen molar-refractivity contribution in [3.05, 3.63) is 0 Å². The third-order valence-electron chi connectivity index (χ3n) is 3.58. The molecular formula is C13H23N3O4. The molecule has 7 heteroatoms. The fraction of sp³-hybridized carbons (Fsp3) is 0.769. The topological polar surface area (TPSA) is 98.7 Å². The van der Waals surface area contributed by atoms with Crippen LogP contribution in [0.25, 0.3) is 0 Å². The minimum absolute atomic E-state index is 0.163. The van der Waals surface area contributed by atoms with Crippen LogP contribution in [0.15, 0.2) is 0 Å². The van der Waals surface area contributed by atoms with Crippen molar-refractivity contribution in [1.29, 1.82) is 0 Å². The van der Waals surface area contributed by atoms with Gasteiger partial charge in [0.15, 0.2) is 0 Å². The molecule has 0 spiro atoms. The summed E-state index contributed by atoms with van der Waals surface area (Å²) in [6.07, 6.45) is 1.20. The van der Waals surface area contributed by atoms with Crippen LogP contribution in [0, 0.1) is 5.41 Å². The first-order valence-corrected chi connectivity index (χ1v) is 6.86. The Hall–Kier alpha value is -1.79. The molecule has 2 unspecified atom stereocenters. The van der Waals surface area contributed by atoms with E-state index in [-0.39, 0.29) is 12.5 Å². The number of carbonyl (C=O) groups is 3. The lowest BCUT2D eigenvalue weighted by molar-refractivity contribution is -0.150. The summed E-state index contributed by atoms with van der Waals surface area (Å²) >= 11 is 0. The molecule has 3 amide bonds. The highest BCUT2D eigenvalue weighted by Crippen LogP contribution is 2.29. The van der Waals surface area contributed by atoms with E-state index >= 15 is 0 Å². The van der Waals surface area contributed by atoms with Crippen LogP contribution in [-0.2, 0) is 9.59 Å². The van der Waals surface area contributed by atoms with Gasteiger partial charge in [-0.05, 0) is 33.6 Å². The molecule has 3 N–H and O–H groups in total. The predicted molar refractivity (Wildman–Crippen MR) is 73.2 cm³/mol. The van der Waals surface area contributed by atoms with Crippen molar-refractivity contribution >= 4 is 17.9 Å². The molecular weight excluding hydrogens is 262 g/mol. The van der Waals surface area contributed by atoms with Gasteiger partial charge in [0.05, 0.1) is 5.41 Å². The highest BCUT2D eigenvalue weighted by atomic mass is 16.4. The third kappa shape index (κ3) is 3.85. The number of carboxylic acid groups (broad SMARTS) is 1. The van der Waals surface area contributed by atoms with Crippen LogP contribution in [0.2, 0.25) is 0 Å². The van der Waals surface area contributed by atoms with Crippen LogP contribution >= 0.6 is 0 Å². The number of rotatable bonds is 4. The molecule has 20 heavy (non-hydrogen) atoms. The molecule has 0 aromatic rings. The molecule has 0 aromatic heterocycles. The number of likely N-dealkylation sites (N-methyl/N-ethyl adjacent to an activating group) is 1. The molecule has 1 aliphatic heterocycles. The lowest BCUT2D eigenvalue weighted by Crippen LogP contribution is -2.55. The number of aliphatic carboxylic acids is 1. The van der Waals surface area contributed by atoms with Crippen molar-refractivity contribution in [1.82, 2.24) is 15.5 Å². The number of likely N-dealkylation sites (tertiary alicyclic amines) is 1. The zero-order valence-electron chi connectivity index (χ0n) is 12.2. The van der Waals surface area contributed by atoms with Crippen LogP contribution in [0.3, 0.4) is 0 Å². The summed E-state index contributed by atoms with van der Waals surface area (Å²) in [6.45, 7) is 6.22. The Bertz CT molecular complexity index is 399. The average Bonchev–Trinajstić information content (AvgIpc) is 2.38. The summed E-state index contributed by atoms with van der Waals surface area (Å²) in [5.41, 5.74) is -0.912. The fourth-order valence-electron chi connectivity index (χ4n) is 2.26. The van der Waals surface area contributed by atoms with E-state index in [1.54, 1.807) is 20.8 Å². The average molecular weight is 285 g/mol. The Morgan fingerprint density at radius 1 is 1.40 bits per heavy atom. The highest BCUT2D eigenvalue weighted by molar-refractivity contribution is 5.87. The molecule has 0 radical (unpaired) electrons. The molecule has 0 bridgehead atoms. The lowest BCUT2D eigenvalue weighted by atomic mass is 9.82. The van der Waals surface area contributed by atoms with Crippen molar-refractivity contribution in [2.45, 2.75) is 39.7 Å². The molecule has 7 nitrogen and oxygen atoms in total. The van der Waals surface area contributed by atoms with Crippen molar-refractivity contribution in [2.75, 3.05) is 19.6 Å². The molecule has 114 valence electrons. The molecule has 1 heterocycles.